The Hall–Kier alpha value is -2.35. The zero-order chi connectivity index (χ0) is 15.8. The lowest BCUT2D eigenvalue weighted by molar-refractivity contribution is 0.183. The third-order valence-corrected chi connectivity index (χ3v) is 3.53. The lowest BCUT2D eigenvalue weighted by atomic mass is 10.1. The maximum absolute atomic E-state index is 9.31. The van der Waals surface area contributed by atoms with E-state index in [4.69, 9.17) is 4.74 Å². The largest absolute Gasteiger partial charge is 0.496 e. The Kier molecular flexibility index (Phi) is 5.96. The summed E-state index contributed by atoms with van der Waals surface area (Å²) >= 11 is 0. The van der Waals surface area contributed by atoms with E-state index in [0.717, 1.165) is 16.9 Å². The van der Waals surface area contributed by atoms with Gasteiger partial charge < -0.3 is 9.84 Å². The van der Waals surface area contributed by atoms with Crippen LogP contribution in [-0.4, -0.2) is 30.3 Å². The fourth-order valence-electron chi connectivity index (χ4n) is 2.44. The van der Waals surface area contributed by atoms with Crippen LogP contribution in [0.5, 0.6) is 5.75 Å². The summed E-state index contributed by atoms with van der Waals surface area (Å²) in [4.78, 5) is 2.11. The van der Waals surface area contributed by atoms with Gasteiger partial charge in [-0.05, 0) is 17.7 Å². The minimum absolute atomic E-state index is 0.0733. The Balaban J connectivity index is 2.18. The van der Waals surface area contributed by atoms with Crippen molar-refractivity contribution in [3.05, 3.63) is 65.2 Å². The van der Waals surface area contributed by atoms with E-state index in [1.54, 1.807) is 7.11 Å². The number of ether oxygens (including phenoxy) is 1. The number of methoxy groups -OCH3 is 1. The molecule has 0 bridgehead atoms. The lowest BCUT2D eigenvalue weighted by Gasteiger charge is -2.23. The molecule has 0 atom stereocenters. The summed E-state index contributed by atoms with van der Waals surface area (Å²) in [7, 11) is 1.65. The SMILES string of the molecule is COc1ccccc1CN(CCO)Cc1ccccc1C#N. The van der Waals surface area contributed by atoms with Crippen LogP contribution in [0.15, 0.2) is 48.5 Å². The molecule has 114 valence electrons. The van der Waals surface area contributed by atoms with Gasteiger partial charge in [0.25, 0.3) is 0 Å². The highest BCUT2D eigenvalue weighted by molar-refractivity contribution is 5.37. The zero-order valence-electron chi connectivity index (χ0n) is 12.7. The summed E-state index contributed by atoms with van der Waals surface area (Å²) in [5.74, 6) is 0.832. The van der Waals surface area contributed by atoms with Gasteiger partial charge in [-0.2, -0.15) is 5.26 Å². The van der Waals surface area contributed by atoms with Crippen molar-refractivity contribution in [3.8, 4) is 11.8 Å². The van der Waals surface area contributed by atoms with E-state index in [0.29, 0.717) is 25.2 Å². The molecule has 0 aromatic heterocycles. The first kappa shape index (κ1) is 16.0. The first-order chi connectivity index (χ1) is 10.8. The van der Waals surface area contributed by atoms with Crippen molar-refractivity contribution in [2.75, 3.05) is 20.3 Å². The second kappa shape index (κ2) is 8.18. The second-order valence-electron chi connectivity index (χ2n) is 5.02. The van der Waals surface area contributed by atoms with Crippen molar-refractivity contribution in [1.82, 2.24) is 4.90 Å². The van der Waals surface area contributed by atoms with Crippen LogP contribution in [0.3, 0.4) is 0 Å². The Bertz CT molecular complexity index is 650. The number of rotatable bonds is 7. The molecule has 22 heavy (non-hydrogen) atoms. The van der Waals surface area contributed by atoms with Crippen molar-refractivity contribution in [2.24, 2.45) is 0 Å². The number of nitriles is 1. The summed E-state index contributed by atoms with van der Waals surface area (Å²) in [5, 5.41) is 18.5. The topological polar surface area (TPSA) is 56.5 Å². The van der Waals surface area contributed by atoms with Gasteiger partial charge >= 0.3 is 0 Å². The fraction of sp³-hybridized carbons (Fsp3) is 0.278. The molecule has 0 amide bonds. The molecule has 4 nitrogen and oxygen atoms in total. The maximum atomic E-state index is 9.31. The molecule has 0 aliphatic heterocycles. The van der Waals surface area contributed by atoms with Crippen LogP contribution in [0, 0.1) is 11.3 Å². The van der Waals surface area contributed by atoms with Crippen LogP contribution in [0.2, 0.25) is 0 Å². The number of aliphatic hydroxyl groups excluding tert-OH is 1. The van der Waals surface area contributed by atoms with Gasteiger partial charge in [-0.15, -0.1) is 0 Å². The number of benzene rings is 2. The van der Waals surface area contributed by atoms with E-state index < -0.39 is 0 Å². The van der Waals surface area contributed by atoms with E-state index in [1.807, 2.05) is 48.5 Å². The average Bonchev–Trinajstić information content (AvgIpc) is 2.56. The Morgan fingerprint density at radius 1 is 1.05 bits per heavy atom. The van der Waals surface area contributed by atoms with E-state index >= 15 is 0 Å². The lowest BCUT2D eigenvalue weighted by Crippen LogP contribution is -2.26. The van der Waals surface area contributed by atoms with Gasteiger partial charge in [0.2, 0.25) is 0 Å². The zero-order valence-corrected chi connectivity index (χ0v) is 12.7. The molecule has 4 heteroatoms. The van der Waals surface area contributed by atoms with Crippen molar-refractivity contribution in [3.63, 3.8) is 0 Å². The maximum Gasteiger partial charge on any atom is 0.123 e. The molecule has 0 spiro atoms. The van der Waals surface area contributed by atoms with Crippen molar-refractivity contribution in [1.29, 1.82) is 5.26 Å². The average molecular weight is 296 g/mol. The van der Waals surface area contributed by atoms with Gasteiger partial charge in [0.15, 0.2) is 0 Å². The smallest absolute Gasteiger partial charge is 0.123 e. The predicted octanol–water partition coefficient (Wildman–Crippen LogP) is 2.56. The van der Waals surface area contributed by atoms with Gasteiger partial charge in [0.05, 0.1) is 25.3 Å². The van der Waals surface area contributed by atoms with Crippen LogP contribution in [0.25, 0.3) is 0 Å². The van der Waals surface area contributed by atoms with Gasteiger partial charge in [0, 0.05) is 25.2 Å². The first-order valence-electron chi connectivity index (χ1n) is 7.21. The molecule has 0 fully saturated rings. The fourth-order valence-corrected chi connectivity index (χ4v) is 2.44. The monoisotopic (exact) mass is 296 g/mol. The highest BCUT2D eigenvalue weighted by Crippen LogP contribution is 2.20. The Labute approximate surface area is 131 Å². The summed E-state index contributed by atoms with van der Waals surface area (Å²) in [6.07, 6.45) is 0. The van der Waals surface area contributed by atoms with Gasteiger partial charge in [-0.3, -0.25) is 4.90 Å². The number of para-hydroxylation sites is 1. The van der Waals surface area contributed by atoms with Crippen LogP contribution >= 0.6 is 0 Å². The standard InChI is InChI=1S/C18H20N2O2/c1-22-18-9-5-4-8-17(18)14-20(10-11-21)13-16-7-3-2-6-15(16)12-19/h2-9,21H,10-11,13-14H2,1H3. The summed E-state index contributed by atoms with van der Waals surface area (Å²) < 4.78 is 5.38. The molecular weight excluding hydrogens is 276 g/mol. The van der Waals surface area contributed by atoms with Crippen LogP contribution in [-0.2, 0) is 13.1 Å². The molecule has 0 aliphatic carbocycles. The van der Waals surface area contributed by atoms with Crippen molar-refractivity contribution in [2.45, 2.75) is 13.1 Å². The first-order valence-corrected chi connectivity index (χ1v) is 7.21. The molecule has 1 N–H and O–H groups in total. The molecular formula is C18H20N2O2. The number of aliphatic hydroxyl groups is 1. The minimum Gasteiger partial charge on any atom is -0.496 e. The van der Waals surface area contributed by atoms with Gasteiger partial charge in [-0.25, -0.2) is 0 Å². The third-order valence-electron chi connectivity index (χ3n) is 3.53. The molecule has 2 aromatic rings. The highest BCUT2D eigenvalue weighted by Gasteiger charge is 2.11. The summed E-state index contributed by atoms with van der Waals surface area (Å²) in [6, 6.07) is 17.6. The van der Waals surface area contributed by atoms with E-state index in [-0.39, 0.29) is 6.61 Å². The molecule has 0 saturated carbocycles. The van der Waals surface area contributed by atoms with Crippen LogP contribution < -0.4 is 4.74 Å². The highest BCUT2D eigenvalue weighted by atomic mass is 16.5. The van der Waals surface area contributed by atoms with Crippen LogP contribution in [0.1, 0.15) is 16.7 Å². The normalized spacial score (nSPS) is 10.5. The molecule has 0 radical (unpaired) electrons. The quantitative estimate of drug-likeness (QED) is 0.853. The molecule has 0 saturated heterocycles. The molecule has 0 unspecified atom stereocenters. The molecule has 0 heterocycles. The molecule has 0 aliphatic rings. The van der Waals surface area contributed by atoms with E-state index in [1.165, 1.54) is 0 Å². The van der Waals surface area contributed by atoms with Gasteiger partial charge in [-0.1, -0.05) is 36.4 Å². The number of hydrogen-bond donors (Lipinski definition) is 1. The number of nitrogens with zero attached hydrogens (tertiary/aromatic N) is 2. The molecule has 2 rings (SSSR count). The van der Waals surface area contributed by atoms with E-state index in [2.05, 4.69) is 11.0 Å². The van der Waals surface area contributed by atoms with Gasteiger partial charge in [0.1, 0.15) is 5.75 Å². The Morgan fingerprint density at radius 3 is 2.36 bits per heavy atom. The predicted molar refractivity (Wildman–Crippen MR) is 85.4 cm³/mol. The Morgan fingerprint density at radius 2 is 1.68 bits per heavy atom. The van der Waals surface area contributed by atoms with E-state index in [9.17, 15) is 10.4 Å². The number of hydrogen-bond acceptors (Lipinski definition) is 4. The molecule has 2 aromatic carbocycles. The van der Waals surface area contributed by atoms with Crippen molar-refractivity contribution >= 4 is 0 Å². The second-order valence-corrected chi connectivity index (χ2v) is 5.02. The summed E-state index contributed by atoms with van der Waals surface area (Å²) in [6.45, 7) is 1.88. The minimum atomic E-state index is 0.0733. The third kappa shape index (κ3) is 4.08. The van der Waals surface area contributed by atoms with Crippen LogP contribution in [0.4, 0.5) is 0 Å². The summed E-state index contributed by atoms with van der Waals surface area (Å²) in [5.41, 5.74) is 2.70. The van der Waals surface area contributed by atoms with Crippen molar-refractivity contribution < 1.29 is 9.84 Å².